The van der Waals surface area contributed by atoms with Crippen molar-refractivity contribution in [1.29, 1.82) is 0 Å². The van der Waals surface area contributed by atoms with Gasteiger partial charge in [-0.25, -0.2) is 9.59 Å². The minimum absolute atomic E-state index is 0.0361. The van der Waals surface area contributed by atoms with Gasteiger partial charge in [0, 0.05) is 30.4 Å². The van der Waals surface area contributed by atoms with E-state index < -0.39 is 59.9 Å². The number of carbonyl (C=O) groups excluding carboxylic acids is 5. The van der Waals surface area contributed by atoms with Gasteiger partial charge in [0.25, 0.3) is 0 Å². The predicted octanol–water partition coefficient (Wildman–Crippen LogP) is 1.90. The number of hydrogen-bond donors (Lipinski definition) is 5. The zero-order valence-corrected chi connectivity index (χ0v) is 25.3. The molecule has 0 fully saturated rings. The van der Waals surface area contributed by atoms with E-state index in [4.69, 9.17) is 15.2 Å². The lowest BCUT2D eigenvalue weighted by molar-refractivity contribution is -0.137. The summed E-state index contributed by atoms with van der Waals surface area (Å²) < 4.78 is 10.2. The third-order valence-corrected chi connectivity index (χ3v) is 6.62. The lowest BCUT2D eigenvalue weighted by Crippen LogP contribution is -2.60. The van der Waals surface area contributed by atoms with Crippen LogP contribution in [0.1, 0.15) is 44.7 Å². The van der Waals surface area contributed by atoms with Gasteiger partial charge in [-0.1, -0.05) is 80.6 Å². The van der Waals surface area contributed by atoms with Gasteiger partial charge in [0.15, 0.2) is 0 Å². The van der Waals surface area contributed by atoms with Crippen LogP contribution < -0.4 is 21.7 Å². The second-order valence-electron chi connectivity index (χ2n) is 10.8. The summed E-state index contributed by atoms with van der Waals surface area (Å²) in [6.07, 6.45) is 1.75. The van der Waals surface area contributed by atoms with Crippen molar-refractivity contribution in [2.24, 2.45) is 11.1 Å². The van der Waals surface area contributed by atoms with E-state index in [0.717, 1.165) is 17.2 Å². The molecule has 238 valence electrons. The number of amides is 4. The summed E-state index contributed by atoms with van der Waals surface area (Å²) >= 11 is 0. The van der Waals surface area contributed by atoms with Crippen LogP contribution in [-0.2, 0) is 41.7 Å². The summed E-state index contributed by atoms with van der Waals surface area (Å²) in [5.41, 5.74) is 5.63. The second kappa shape index (κ2) is 18.1. The molecule has 0 aliphatic carbocycles. The molecule has 0 bridgehead atoms. The molecule has 0 heterocycles. The summed E-state index contributed by atoms with van der Waals surface area (Å²) in [4.78, 5) is 63.2. The highest BCUT2D eigenvalue weighted by Gasteiger charge is 2.38. The smallest absolute Gasteiger partial charge is 0.408 e. The number of benzene rings is 2. The number of aliphatic hydroxyl groups is 1. The van der Waals surface area contributed by atoms with Crippen LogP contribution in [0.5, 0.6) is 0 Å². The molecule has 2 rings (SSSR count). The number of primary amides is 1. The summed E-state index contributed by atoms with van der Waals surface area (Å²) in [6.45, 7) is 4.48. The minimum Gasteiger partial charge on any atom is -0.463 e. The lowest BCUT2D eigenvalue weighted by Gasteiger charge is -2.33. The van der Waals surface area contributed by atoms with E-state index in [0.29, 0.717) is 0 Å². The molecular formula is C32H42N4O8. The van der Waals surface area contributed by atoms with Crippen molar-refractivity contribution in [2.45, 2.75) is 64.8 Å². The van der Waals surface area contributed by atoms with E-state index in [1.807, 2.05) is 12.1 Å². The molecule has 0 aromatic heterocycles. The lowest BCUT2D eigenvalue weighted by atomic mass is 9.84. The molecule has 12 nitrogen and oxygen atoms in total. The van der Waals surface area contributed by atoms with E-state index in [9.17, 15) is 29.1 Å². The molecule has 3 atom stereocenters. The zero-order valence-electron chi connectivity index (χ0n) is 25.3. The number of ether oxygens (including phenoxy) is 2. The van der Waals surface area contributed by atoms with E-state index in [2.05, 4.69) is 16.0 Å². The molecule has 0 saturated heterocycles. The highest BCUT2D eigenvalue weighted by molar-refractivity contribution is 5.92. The Hall–Kier alpha value is -4.71. The molecular weight excluding hydrogens is 568 g/mol. The standard InChI is InChI=1S/C32H42N4O8/c1-4-43-27(39)18-16-24(15-17-26(33)38)34-29(40)25(19-22-11-7-5-8-12-22)35-30(41)28(32(2,3)21-37)36-31(42)44-20-23-13-9-6-10-14-23/h5-14,16,18,24-25,28,37H,4,15,17,19-21H2,1-3H3,(H2,33,38)(H,34,40)(H,35,41)(H,36,42)/b18-16+/t24-,25-,28+/m0/s1. The summed E-state index contributed by atoms with van der Waals surface area (Å²) in [7, 11) is 0. The van der Waals surface area contributed by atoms with Crippen LogP contribution in [0.15, 0.2) is 72.8 Å². The Kier molecular flexibility index (Phi) is 14.6. The van der Waals surface area contributed by atoms with Gasteiger partial charge in [-0.15, -0.1) is 0 Å². The summed E-state index contributed by atoms with van der Waals surface area (Å²) in [5, 5.41) is 18.0. The molecule has 0 spiro atoms. The first kappa shape index (κ1) is 35.5. The number of nitrogens with two attached hydrogens (primary N) is 1. The monoisotopic (exact) mass is 610 g/mol. The van der Waals surface area contributed by atoms with Crippen LogP contribution in [0.2, 0.25) is 0 Å². The first-order chi connectivity index (χ1) is 20.9. The highest BCUT2D eigenvalue weighted by atomic mass is 16.5. The largest absolute Gasteiger partial charge is 0.463 e. The van der Waals surface area contributed by atoms with Crippen LogP contribution in [-0.4, -0.2) is 66.2 Å². The molecule has 0 radical (unpaired) electrons. The maximum Gasteiger partial charge on any atom is 0.408 e. The number of alkyl carbamates (subject to hydrolysis) is 1. The molecule has 6 N–H and O–H groups in total. The van der Waals surface area contributed by atoms with Crippen molar-refractivity contribution in [3.8, 4) is 0 Å². The average Bonchev–Trinajstić information content (AvgIpc) is 3.00. The van der Waals surface area contributed by atoms with Gasteiger partial charge in [0.1, 0.15) is 18.7 Å². The Balaban J connectivity index is 2.27. The van der Waals surface area contributed by atoms with Crippen molar-refractivity contribution in [3.05, 3.63) is 83.9 Å². The number of hydrogen-bond acceptors (Lipinski definition) is 8. The topological polar surface area (TPSA) is 186 Å². The van der Waals surface area contributed by atoms with Crippen molar-refractivity contribution >= 4 is 29.8 Å². The van der Waals surface area contributed by atoms with Crippen LogP contribution in [0.3, 0.4) is 0 Å². The van der Waals surface area contributed by atoms with E-state index >= 15 is 0 Å². The number of rotatable bonds is 17. The van der Waals surface area contributed by atoms with Gasteiger partial charge in [-0.2, -0.15) is 0 Å². The van der Waals surface area contributed by atoms with Gasteiger partial charge in [0.2, 0.25) is 17.7 Å². The molecule has 0 unspecified atom stereocenters. The first-order valence-corrected chi connectivity index (χ1v) is 14.3. The second-order valence-corrected chi connectivity index (χ2v) is 10.8. The molecule has 0 aliphatic rings. The maximum atomic E-state index is 13.6. The zero-order chi connectivity index (χ0) is 32.5. The van der Waals surface area contributed by atoms with E-state index in [1.165, 1.54) is 6.08 Å². The fourth-order valence-electron chi connectivity index (χ4n) is 4.09. The summed E-state index contributed by atoms with van der Waals surface area (Å²) in [5.74, 6) is -2.56. The Morgan fingerprint density at radius 3 is 2.07 bits per heavy atom. The number of carbonyl (C=O) groups is 5. The van der Waals surface area contributed by atoms with Crippen LogP contribution in [0.4, 0.5) is 4.79 Å². The SMILES string of the molecule is CCOC(=O)/C=C/[C@H](CCC(N)=O)NC(=O)[C@H](Cc1ccccc1)NC(=O)[C@@H](NC(=O)OCc1ccccc1)C(C)(C)CO. The minimum atomic E-state index is -1.28. The van der Waals surface area contributed by atoms with Crippen molar-refractivity contribution in [3.63, 3.8) is 0 Å². The van der Waals surface area contributed by atoms with Crippen LogP contribution in [0.25, 0.3) is 0 Å². The Morgan fingerprint density at radius 1 is 0.886 bits per heavy atom. The van der Waals surface area contributed by atoms with Gasteiger partial charge < -0.3 is 36.3 Å². The van der Waals surface area contributed by atoms with Gasteiger partial charge in [-0.05, 0) is 24.5 Å². The highest BCUT2D eigenvalue weighted by Crippen LogP contribution is 2.21. The molecule has 4 amide bonds. The quantitative estimate of drug-likeness (QED) is 0.133. The fourth-order valence-corrected chi connectivity index (χ4v) is 4.09. The van der Waals surface area contributed by atoms with Crippen molar-refractivity contribution in [1.82, 2.24) is 16.0 Å². The van der Waals surface area contributed by atoms with E-state index in [-0.39, 0.29) is 32.5 Å². The van der Waals surface area contributed by atoms with E-state index in [1.54, 1.807) is 69.3 Å². The third-order valence-electron chi connectivity index (χ3n) is 6.62. The molecule has 12 heteroatoms. The molecule has 2 aromatic rings. The average molecular weight is 611 g/mol. The first-order valence-electron chi connectivity index (χ1n) is 14.3. The molecule has 44 heavy (non-hydrogen) atoms. The van der Waals surface area contributed by atoms with Crippen LogP contribution >= 0.6 is 0 Å². The maximum absolute atomic E-state index is 13.6. The van der Waals surface area contributed by atoms with Crippen molar-refractivity contribution < 1.29 is 38.6 Å². The molecule has 0 saturated carbocycles. The van der Waals surface area contributed by atoms with Gasteiger partial charge >= 0.3 is 12.1 Å². The normalized spacial score (nSPS) is 13.3. The fraction of sp³-hybridized carbons (Fsp3) is 0.406. The number of aliphatic hydroxyl groups excluding tert-OH is 1. The van der Waals surface area contributed by atoms with Crippen LogP contribution in [0, 0.1) is 5.41 Å². The van der Waals surface area contributed by atoms with Gasteiger partial charge in [0.05, 0.1) is 13.2 Å². The Morgan fingerprint density at radius 2 is 1.50 bits per heavy atom. The third kappa shape index (κ3) is 12.7. The molecule has 0 aliphatic heterocycles. The summed E-state index contributed by atoms with van der Waals surface area (Å²) in [6, 6.07) is 14.7. The number of nitrogens with one attached hydrogen (secondary N) is 3. The number of esters is 1. The van der Waals surface area contributed by atoms with Gasteiger partial charge in [-0.3, -0.25) is 14.4 Å². The Bertz CT molecular complexity index is 1270. The Labute approximate surface area is 257 Å². The molecule has 2 aromatic carbocycles. The van der Waals surface area contributed by atoms with Crippen molar-refractivity contribution in [2.75, 3.05) is 13.2 Å². The predicted molar refractivity (Wildman–Crippen MR) is 163 cm³/mol.